The van der Waals surface area contributed by atoms with Crippen LogP contribution in [0.1, 0.15) is 46.0 Å². The zero-order valence-electron chi connectivity index (χ0n) is 9.92. The Morgan fingerprint density at radius 1 is 1.27 bits per heavy atom. The highest BCUT2D eigenvalue weighted by molar-refractivity contribution is 5.35. The SMILES string of the molecule is C=C(C)/C(=C(O)\C=C/C)C1CCCCC1. The molecule has 1 rings (SSSR count). The van der Waals surface area contributed by atoms with E-state index in [4.69, 9.17) is 0 Å². The predicted molar refractivity (Wildman–Crippen MR) is 65.9 cm³/mol. The van der Waals surface area contributed by atoms with Crippen molar-refractivity contribution in [2.24, 2.45) is 5.92 Å². The fraction of sp³-hybridized carbons (Fsp3) is 0.571. The van der Waals surface area contributed by atoms with Crippen molar-refractivity contribution in [2.75, 3.05) is 0 Å². The molecule has 1 nitrogen and oxygen atoms in total. The summed E-state index contributed by atoms with van der Waals surface area (Å²) in [6.07, 6.45) is 9.95. The van der Waals surface area contributed by atoms with Gasteiger partial charge in [0.1, 0.15) is 5.76 Å². The fourth-order valence-electron chi connectivity index (χ4n) is 2.42. The molecule has 1 aliphatic rings. The van der Waals surface area contributed by atoms with Gasteiger partial charge in [0, 0.05) is 0 Å². The molecule has 0 heterocycles. The number of hydrogen-bond donors (Lipinski definition) is 1. The van der Waals surface area contributed by atoms with Gasteiger partial charge < -0.3 is 5.11 Å². The van der Waals surface area contributed by atoms with E-state index in [1.165, 1.54) is 32.1 Å². The van der Waals surface area contributed by atoms with Gasteiger partial charge in [0.15, 0.2) is 0 Å². The van der Waals surface area contributed by atoms with Crippen LogP contribution in [-0.4, -0.2) is 5.11 Å². The maximum absolute atomic E-state index is 9.96. The second-order valence-electron chi connectivity index (χ2n) is 4.41. The summed E-state index contributed by atoms with van der Waals surface area (Å²) in [5.74, 6) is 0.935. The third-order valence-electron chi connectivity index (χ3n) is 3.07. The number of aliphatic hydroxyl groups is 1. The van der Waals surface area contributed by atoms with Crippen LogP contribution in [0.3, 0.4) is 0 Å². The van der Waals surface area contributed by atoms with E-state index < -0.39 is 0 Å². The maximum atomic E-state index is 9.96. The normalized spacial score (nSPS) is 20.4. The average Bonchev–Trinajstić information content (AvgIpc) is 2.19. The van der Waals surface area contributed by atoms with Gasteiger partial charge >= 0.3 is 0 Å². The molecule has 0 aromatic carbocycles. The van der Waals surface area contributed by atoms with Crippen molar-refractivity contribution >= 4 is 0 Å². The Bertz CT molecular complexity index is 278. The molecule has 0 aliphatic heterocycles. The summed E-state index contributed by atoms with van der Waals surface area (Å²) < 4.78 is 0. The molecule has 1 saturated carbocycles. The lowest BCUT2D eigenvalue weighted by atomic mass is 9.81. The first-order chi connectivity index (χ1) is 7.16. The molecule has 1 fully saturated rings. The van der Waals surface area contributed by atoms with E-state index in [1.54, 1.807) is 6.08 Å². The van der Waals surface area contributed by atoms with E-state index in [0.717, 1.165) is 11.1 Å². The average molecular weight is 206 g/mol. The lowest BCUT2D eigenvalue weighted by Crippen LogP contribution is -2.11. The lowest BCUT2D eigenvalue weighted by Gasteiger charge is -2.25. The van der Waals surface area contributed by atoms with Crippen molar-refractivity contribution in [3.8, 4) is 0 Å². The zero-order valence-corrected chi connectivity index (χ0v) is 9.92. The molecule has 15 heavy (non-hydrogen) atoms. The third kappa shape index (κ3) is 3.26. The topological polar surface area (TPSA) is 20.2 Å². The number of rotatable bonds is 3. The maximum Gasteiger partial charge on any atom is 0.118 e. The van der Waals surface area contributed by atoms with Crippen molar-refractivity contribution in [1.29, 1.82) is 0 Å². The van der Waals surface area contributed by atoms with Gasteiger partial charge in [-0.15, -0.1) is 0 Å². The standard InChI is InChI=1S/C14H22O/c1-4-8-13(15)14(11(2)3)12-9-6-5-7-10-12/h4,8,12,15H,2,5-7,9-10H2,1,3H3/b8-4-,14-13-. The van der Waals surface area contributed by atoms with Gasteiger partial charge in [0.05, 0.1) is 0 Å². The van der Waals surface area contributed by atoms with E-state index in [2.05, 4.69) is 6.58 Å². The van der Waals surface area contributed by atoms with Gasteiger partial charge in [-0.2, -0.15) is 0 Å². The van der Waals surface area contributed by atoms with E-state index in [9.17, 15) is 5.11 Å². The Kier molecular flexibility index (Phi) is 4.67. The highest BCUT2D eigenvalue weighted by atomic mass is 16.3. The van der Waals surface area contributed by atoms with Crippen molar-refractivity contribution in [1.82, 2.24) is 0 Å². The quantitative estimate of drug-likeness (QED) is 0.531. The predicted octanol–water partition coefficient (Wildman–Crippen LogP) is 4.53. The van der Waals surface area contributed by atoms with Crippen LogP contribution in [0.5, 0.6) is 0 Å². The van der Waals surface area contributed by atoms with Gasteiger partial charge in [0.25, 0.3) is 0 Å². The summed E-state index contributed by atoms with van der Waals surface area (Å²) in [5.41, 5.74) is 2.09. The third-order valence-corrected chi connectivity index (χ3v) is 3.07. The van der Waals surface area contributed by atoms with Crippen LogP contribution in [0.2, 0.25) is 0 Å². The summed E-state index contributed by atoms with van der Waals surface area (Å²) in [7, 11) is 0. The summed E-state index contributed by atoms with van der Waals surface area (Å²) in [6, 6.07) is 0. The molecule has 0 radical (unpaired) electrons. The molecular weight excluding hydrogens is 184 g/mol. The Morgan fingerprint density at radius 3 is 2.33 bits per heavy atom. The van der Waals surface area contributed by atoms with Crippen molar-refractivity contribution in [3.63, 3.8) is 0 Å². The van der Waals surface area contributed by atoms with Crippen molar-refractivity contribution in [3.05, 3.63) is 35.6 Å². The molecule has 0 saturated heterocycles. The van der Waals surface area contributed by atoms with Gasteiger partial charge in [-0.25, -0.2) is 0 Å². The number of hydrogen-bond acceptors (Lipinski definition) is 1. The molecule has 0 unspecified atom stereocenters. The van der Waals surface area contributed by atoms with Crippen LogP contribution in [-0.2, 0) is 0 Å². The van der Waals surface area contributed by atoms with E-state index in [1.807, 2.05) is 19.9 Å². The smallest absolute Gasteiger partial charge is 0.118 e. The molecule has 0 amide bonds. The van der Waals surface area contributed by atoms with Crippen LogP contribution in [0.4, 0.5) is 0 Å². The molecule has 0 aromatic heterocycles. The van der Waals surface area contributed by atoms with Crippen LogP contribution in [0.25, 0.3) is 0 Å². The molecule has 1 aliphatic carbocycles. The van der Waals surface area contributed by atoms with Crippen LogP contribution < -0.4 is 0 Å². The molecule has 0 bridgehead atoms. The molecule has 0 spiro atoms. The van der Waals surface area contributed by atoms with Gasteiger partial charge in [0.2, 0.25) is 0 Å². The van der Waals surface area contributed by atoms with Gasteiger partial charge in [-0.3, -0.25) is 0 Å². The molecule has 1 N–H and O–H groups in total. The zero-order chi connectivity index (χ0) is 11.3. The Labute approximate surface area is 93.2 Å². The summed E-state index contributed by atoms with van der Waals surface area (Å²) in [5, 5.41) is 9.96. The molecule has 1 heteroatoms. The molecule has 0 aromatic rings. The highest BCUT2D eigenvalue weighted by Gasteiger charge is 2.20. The minimum atomic E-state index is 0.414. The first-order valence-corrected chi connectivity index (χ1v) is 5.88. The lowest BCUT2D eigenvalue weighted by molar-refractivity contribution is 0.371. The van der Waals surface area contributed by atoms with E-state index in [-0.39, 0.29) is 0 Å². The Morgan fingerprint density at radius 2 is 1.87 bits per heavy atom. The highest BCUT2D eigenvalue weighted by Crippen LogP contribution is 2.34. The van der Waals surface area contributed by atoms with Crippen LogP contribution in [0, 0.1) is 5.92 Å². The second kappa shape index (κ2) is 5.79. The second-order valence-corrected chi connectivity index (χ2v) is 4.41. The number of allylic oxidation sites excluding steroid dienone is 4. The molecular formula is C14H22O. The fourth-order valence-corrected chi connectivity index (χ4v) is 2.42. The van der Waals surface area contributed by atoms with E-state index in [0.29, 0.717) is 11.7 Å². The van der Waals surface area contributed by atoms with Gasteiger partial charge in [-0.1, -0.05) is 37.5 Å². The summed E-state index contributed by atoms with van der Waals surface area (Å²) in [4.78, 5) is 0. The van der Waals surface area contributed by atoms with Gasteiger partial charge in [-0.05, 0) is 44.3 Å². The molecule has 84 valence electrons. The Balaban J connectivity index is 2.90. The Hall–Kier alpha value is -0.980. The monoisotopic (exact) mass is 206 g/mol. The van der Waals surface area contributed by atoms with E-state index >= 15 is 0 Å². The summed E-state index contributed by atoms with van der Waals surface area (Å²) in [6.45, 7) is 7.90. The summed E-state index contributed by atoms with van der Waals surface area (Å²) >= 11 is 0. The minimum absolute atomic E-state index is 0.414. The first-order valence-electron chi connectivity index (χ1n) is 5.88. The molecule has 0 atom stereocenters. The minimum Gasteiger partial charge on any atom is -0.508 e. The van der Waals surface area contributed by atoms with Crippen molar-refractivity contribution < 1.29 is 5.11 Å². The largest absolute Gasteiger partial charge is 0.508 e. The number of aliphatic hydroxyl groups excluding tert-OH is 1. The first kappa shape index (κ1) is 12.1. The van der Waals surface area contributed by atoms with Crippen molar-refractivity contribution in [2.45, 2.75) is 46.0 Å². The van der Waals surface area contributed by atoms with Crippen LogP contribution >= 0.6 is 0 Å². The van der Waals surface area contributed by atoms with Crippen LogP contribution in [0.15, 0.2) is 35.6 Å².